The van der Waals surface area contributed by atoms with E-state index < -0.39 is 0 Å². The van der Waals surface area contributed by atoms with Crippen molar-refractivity contribution < 1.29 is 4.42 Å². The number of thioether (sulfide) groups is 2. The van der Waals surface area contributed by atoms with Crippen LogP contribution in [0, 0.1) is 0 Å². The summed E-state index contributed by atoms with van der Waals surface area (Å²) in [4.78, 5) is 4.51. The van der Waals surface area contributed by atoms with E-state index in [0.29, 0.717) is 10.5 Å². The minimum Gasteiger partial charge on any atom is -0.445 e. The number of nitrogens with zero attached hydrogens (tertiary/aromatic N) is 1. The van der Waals surface area contributed by atoms with Crippen LogP contribution in [0.3, 0.4) is 0 Å². The fourth-order valence-corrected chi connectivity index (χ4v) is 4.46. The Balaban J connectivity index is 1.72. The highest BCUT2D eigenvalue weighted by Gasteiger charge is 2.21. The van der Waals surface area contributed by atoms with Gasteiger partial charge in [-0.2, -0.15) is 0 Å². The molecule has 2 nitrogen and oxygen atoms in total. The van der Waals surface area contributed by atoms with E-state index >= 15 is 0 Å². The van der Waals surface area contributed by atoms with Gasteiger partial charge in [0.25, 0.3) is 0 Å². The number of benzene rings is 1. The van der Waals surface area contributed by atoms with Crippen LogP contribution in [-0.2, 0) is 0 Å². The molecule has 1 fully saturated rings. The van der Waals surface area contributed by atoms with Crippen LogP contribution >= 0.6 is 23.5 Å². The van der Waals surface area contributed by atoms with Crippen LogP contribution in [0.4, 0.5) is 0 Å². The van der Waals surface area contributed by atoms with Crippen molar-refractivity contribution in [3.8, 4) is 0 Å². The SMILES string of the molecule is C(=Cc1nc(C2SCCS2)co1)c1ccccc1. The summed E-state index contributed by atoms with van der Waals surface area (Å²) in [5.74, 6) is 3.09. The average molecular weight is 275 g/mol. The number of oxazole rings is 1. The standard InChI is InChI=1S/C14H13NOS2/c1-2-4-11(5-3-1)6-7-13-15-12(10-16-13)14-17-8-9-18-14/h1-7,10,14H,8-9H2. The molecule has 1 saturated heterocycles. The van der Waals surface area contributed by atoms with Crippen molar-refractivity contribution in [3.63, 3.8) is 0 Å². The van der Waals surface area contributed by atoms with Gasteiger partial charge in [0.15, 0.2) is 0 Å². The van der Waals surface area contributed by atoms with Gasteiger partial charge in [-0.05, 0) is 11.6 Å². The van der Waals surface area contributed by atoms with Gasteiger partial charge < -0.3 is 4.42 Å². The summed E-state index contributed by atoms with van der Waals surface area (Å²) in [6.07, 6.45) is 5.72. The molecule has 3 rings (SSSR count). The van der Waals surface area contributed by atoms with E-state index in [1.165, 1.54) is 11.5 Å². The van der Waals surface area contributed by atoms with Gasteiger partial charge in [0.05, 0.1) is 4.58 Å². The third-order valence-corrected chi connectivity index (χ3v) is 5.66. The monoisotopic (exact) mass is 275 g/mol. The number of rotatable bonds is 3. The highest BCUT2D eigenvalue weighted by Crippen LogP contribution is 2.44. The van der Waals surface area contributed by atoms with Gasteiger partial charge in [0.2, 0.25) is 5.89 Å². The molecule has 1 aromatic carbocycles. The van der Waals surface area contributed by atoms with Crippen LogP contribution < -0.4 is 0 Å². The molecular formula is C14H13NOS2. The molecule has 0 spiro atoms. The van der Waals surface area contributed by atoms with Crippen molar-refractivity contribution in [3.05, 3.63) is 53.7 Å². The number of hydrogen-bond acceptors (Lipinski definition) is 4. The molecule has 0 unspecified atom stereocenters. The lowest BCUT2D eigenvalue weighted by atomic mass is 10.2. The van der Waals surface area contributed by atoms with Gasteiger partial charge in [-0.25, -0.2) is 4.98 Å². The molecule has 1 aromatic heterocycles. The van der Waals surface area contributed by atoms with E-state index in [2.05, 4.69) is 17.1 Å². The van der Waals surface area contributed by atoms with Gasteiger partial charge in [0.1, 0.15) is 12.0 Å². The Bertz CT molecular complexity index is 530. The largest absolute Gasteiger partial charge is 0.445 e. The van der Waals surface area contributed by atoms with Gasteiger partial charge >= 0.3 is 0 Å². The maximum absolute atomic E-state index is 5.47. The summed E-state index contributed by atoms with van der Waals surface area (Å²) < 4.78 is 5.93. The molecule has 0 radical (unpaired) electrons. The van der Waals surface area contributed by atoms with Crippen LogP contribution in [0.15, 0.2) is 41.0 Å². The predicted octanol–water partition coefficient (Wildman–Crippen LogP) is 4.32. The lowest BCUT2D eigenvalue weighted by Crippen LogP contribution is -1.84. The number of hydrogen-bond donors (Lipinski definition) is 0. The van der Waals surface area contributed by atoms with E-state index in [0.717, 1.165) is 11.3 Å². The lowest BCUT2D eigenvalue weighted by Gasteiger charge is -2.00. The first-order chi connectivity index (χ1) is 8.92. The van der Waals surface area contributed by atoms with E-state index in [-0.39, 0.29) is 0 Å². The third-order valence-electron chi connectivity index (χ3n) is 2.62. The van der Waals surface area contributed by atoms with Gasteiger partial charge in [-0.1, -0.05) is 30.3 Å². The molecule has 1 aliphatic heterocycles. The topological polar surface area (TPSA) is 26.0 Å². The highest BCUT2D eigenvalue weighted by atomic mass is 32.2. The fraction of sp³-hybridized carbons (Fsp3) is 0.214. The molecule has 0 bridgehead atoms. The maximum atomic E-state index is 5.47. The second-order valence-electron chi connectivity index (χ2n) is 3.93. The highest BCUT2D eigenvalue weighted by molar-refractivity contribution is 8.19. The van der Waals surface area contributed by atoms with Gasteiger partial charge in [0, 0.05) is 17.6 Å². The third kappa shape index (κ3) is 2.82. The van der Waals surface area contributed by atoms with Gasteiger partial charge in [-0.15, -0.1) is 23.5 Å². The smallest absolute Gasteiger partial charge is 0.218 e. The minimum atomic E-state index is 0.452. The normalized spacial score (nSPS) is 16.7. The molecule has 0 atom stereocenters. The molecule has 0 N–H and O–H groups in total. The Kier molecular flexibility index (Phi) is 3.76. The molecule has 4 heteroatoms. The second kappa shape index (κ2) is 5.67. The van der Waals surface area contributed by atoms with Crippen molar-refractivity contribution in [2.24, 2.45) is 0 Å². The first-order valence-electron chi connectivity index (χ1n) is 5.83. The lowest BCUT2D eigenvalue weighted by molar-refractivity contribution is 0.546. The van der Waals surface area contributed by atoms with Crippen molar-refractivity contribution in [1.82, 2.24) is 4.98 Å². The summed E-state index contributed by atoms with van der Waals surface area (Å²) in [6.45, 7) is 0. The Morgan fingerprint density at radius 2 is 1.89 bits per heavy atom. The Hall–Kier alpha value is -1.13. The first kappa shape index (κ1) is 11.9. The molecule has 0 aliphatic carbocycles. The molecule has 92 valence electrons. The Morgan fingerprint density at radius 3 is 2.67 bits per heavy atom. The van der Waals surface area contributed by atoms with Crippen LogP contribution in [0.5, 0.6) is 0 Å². The molecule has 2 aromatic rings. The second-order valence-corrected chi connectivity index (χ2v) is 6.65. The fourth-order valence-electron chi connectivity index (χ4n) is 1.75. The van der Waals surface area contributed by atoms with Crippen molar-refractivity contribution in [2.75, 3.05) is 11.5 Å². The average Bonchev–Trinajstić information content (AvgIpc) is 3.08. The summed E-state index contributed by atoms with van der Waals surface area (Å²) >= 11 is 3.88. The van der Waals surface area contributed by atoms with Crippen molar-refractivity contribution in [2.45, 2.75) is 4.58 Å². The van der Waals surface area contributed by atoms with E-state index in [9.17, 15) is 0 Å². The summed E-state index contributed by atoms with van der Waals surface area (Å²) in [5.41, 5.74) is 2.21. The zero-order chi connectivity index (χ0) is 12.2. The molecule has 2 heterocycles. The number of aromatic nitrogens is 1. The molecule has 18 heavy (non-hydrogen) atoms. The Morgan fingerprint density at radius 1 is 1.11 bits per heavy atom. The summed E-state index contributed by atoms with van der Waals surface area (Å²) in [5, 5.41) is 0. The van der Waals surface area contributed by atoms with E-state index in [1.807, 2.05) is 53.9 Å². The zero-order valence-corrected chi connectivity index (χ0v) is 11.4. The summed E-state index contributed by atoms with van der Waals surface area (Å²) in [6, 6.07) is 10.2. The minimum absolute atomic E-state index is 0.452. The predicted molar refractivity (Wildman–Crippen MR) is 79.5 cm³/mol. The summed E-state index contributed by atoms with van der Waals surface area (Å²) in [7, 11) is 0. The molecule has 1 aliphatic rings. The van der Waals surface area contributed by atoms with Crippen LogP contribution in [0.25, 0.3) is 12.2 Å². The van der Waals surface area contributed by atoms with Crippen LogP contribution in [0.2, 0.25) is 0 Å². The van der Waals surface area contributed by atoms with Crippen molar-refractivity contribution in [1.29, 1.82) is 0 Å². The van der Waals surface area contributed by atoms with E-state index in [4.69, 9.17) is 4.42 Å². The van der Waals surface area contributed by atoms with Crippen molar-refractivity contribution >= 4 is 35.7 Å². The van der Waals surface area contributed by atoms with Crippen LogP contribution in [0.1, 0.15) is 21.7 Å². The zero-order valence-electron chi connectivity index (χ0n) is 9.78. The maximum Gasteiger partial charge on any atom is 0.218 e. The molecular weight excluding hydrogens is 262 g/mol. The molecule has 0 saturated carbocycles. The first-order valence-corrected chi connectivity index (χ1v) is 7.93. The van der Waals surface area contributed by atoms with Gasteiger partial charge in [-0.3, -0.25) is 0 Å². The van der Waals surface area contributed by atoms with Crippen LogP contribution in [-0.4, -0.2) is 16.5 Å². The Labute approximate surface area is 115 Å². The molecule has 0 amide bonds. The van der Waals surface area contributed by atoms with E-state index in [1.54, 1.807) is 6.26 Å². The quantitative estimate of drug-likeness (QED) is 0.833.